The normalized spacial score (nSPS) is 12.3. The molecule has 2 N–H and O–H groups in total. The van der Waals surface area contributed by atoms with Crippen molar-refractivity contribution in [2.24, 2.45) is 5.73 Å². The highest BCUT2D eigenvalue weighted by molar-refractivity contribution is 6.30. The standard InChI is InChI=1S/C15H12ClFN4/c16-10-6-7-12(13(17)8-10)15(18)14-9-19-21(20-14)11-4-2-1-3-5-11/h1-9,15H,18H2. The minimum absolute atomic E-state index is 0.330. The largest absolute Gasteiger partial charge is 0.319 e. The first-order chi connectivity index (χ1) is 10.1. The van der Waals surface area contributed by atoms with Crippen LogP contribution in [-0.2, 0) is 0 Å². The van der Waals surface area contributed by atoms with Gasteiger partial charge in [-0.25, -0.2) is 4.39 Å². The molecule has 1 aromatic heterocycles. The van der Waals surface area contributed by atoms with Gasteiger partial charge in [-0.2, -0.15) is 15.0 Å². The smallest absolute Gasteiger partial charge is 0.129 e. The summed E-state index contributed by atoms with van der Waals surface area (Å²) >= 11 is 5.74. The van der Waals surface area contributed by atoms with Crippen molar-refractivity contribution in [3.8, 4) is 5.69 Å². The van der Waals surface area contributed by atoms with Crippen LogP contribution in [0, 0.1) is 5.82 Å². The number of hydrogen-bond donors (Lipinski definition) is 1. The number of halogens is 2. The summed E-state index contributed by atoms with van der Waals surface area (Å²) in [6.45, 7) is 0. The Hall–Kier alpha value is -2.24. The molecular formula is C15H12ClFN4. The molecule has 0 fully saturated rings. The highest BCUT2D eigenvalue weighted by atomic mass is 35.5. The SMILES string of the molecule is NC(c1cnn(-c2ccccc2)n1)c1ccc(Cl)cc1F. The van der Waals surface area contributed by atoms with Crippen LogP contribution >= 0.6 is 11.6 Å². The van der Waals surface area contributed by atoms with Crippen LogP contribution in [0.5, 0.6) is 0 Å². The van der Waals surface area contributed by atoms with E-state index in [0.29, 0.717) is 16.3 Å². The van der Waals surface area contributed by atoms with Crippen molar-refractivity contribution in [2.45, 2.75) is 6.04 Å². The third kappa shape index (κ3) is 2.79. The molecule has 0 amide bonds. The average molecular weight is 303 g/mol. The van der Waals surface area contributed by atoms with Gasteiger partial charge in [-0.1, -0.05) is 35.9 Å². The number of benzene rings is 2. The maximum absolute atomic E-state index is 13.9. The number of hydrogen-bond acceptors (Lipinski definition) is 3. The zero-order chi connectivity index (χ0) is 14.8. The van der Waals surface area contributed by atoms with Gasteiger partial charge in [0.25, 0.3) is 0 Å². The molecule has 0 spiro atoms. The number of nitrogens with two attached hydrogens (primary N) is 1. The third-order valence-corrected chi connectivity index (χ3v) is 3.35. The van der Waals surface area contributed by atoms with E-state index in [9.17, 15) is 4.39 Å². The van der Waals surface area contributed by atoms with Gasteiger partial charge >= 0.3 is 0 Å². The Morgan fingerprint density at radius 1 is 1.14 bits per heavy atom. The number of para-hydroxylation sites is 1. The molecule has 0 aliphatic rings. The summed E-state index contributed by atoms with van der Waals surface area (Å²) in [7, 11) is 0. The van der Waals surface area contributed by atoms with Gasteiger partial charge in [0.2, 0.25) is 0 Å². The summed E-state index contributed by atoms with van der Waals surface area (Å²) in [6.07, 6.45) is 1.53. The van der Waals surface area contributed by atoms with Gasteiger partial charge in [0.15, 0.2) is 0 Å². The van der Waals surface area contributed by atoms with Crippen LogP contribution in [0.4, 0.5) is 4.39 Å². The molecule has 4 nitrogen and oxygen atoms in total. The second-order valence-corrected chi connectivity index (χ2v) is 4.97. The van der Waals surface area contributed by atoms with Gasteiger partial charge in [0.1, 0.15) is 11.5 Å². The van der Waals surface area contributed by atoms with Gasteiger partial charge in [-0.05, 0) is 24.3 Å². The fraction of sp³-hybridized carbons (Fsp3) is 0.0667. The first-order valence-corrected chi connectivity index (χ1v) is 6.71. The zero-order valence-corrected chi connectivity index (χ0v) is 11.7. The van der Waals surface area contributed by atoms with E-state index in [1.54, 1.807) is 12.1 Å². The fourth-order valence-electron chi connectivity index (χ4n) is 2.02. The maximum Gasteiger partial charge on any atom is 0.129 e. The summed E-state index contributed by atoms with van der Waals surface area (Å²) in [5.41, 5.74) is 7.69. The second kappa shape index (κ2) is 5.63. The lowest BCUT2D eigenvalue weighted by Gasteiger charge is -2.10. The first kappa shape index (κ1) is 13.7. The Labute approximate surface area is 126 Å². The quantitative estimate of drug-likeness (QED) is 0.809. The van der Waals surface area contributed by atoms with Gasteiger partial charge in [-0.15, -0.1) is 0 Å². The summed E-state index contributed by atoms with van der Waals surface area (Å²) in [6, 6.07) is 13.1. The summed E-state index contributed by atoms with van der Waals surface area (Å²) in [5, 5.41) is 8.79. The summed E-state index contributed by atoms with van der Waals surface area (Å²) in [4.78, 5) is 1.46. The van der Waals surface area contributed by atoms with Gasteiger partial charge in [-0.3, -0.25) is 0 Å². The number of nitrogens with zero attached hydrogens (tertiary/aromatic N) is 3. The van der Waals surface area contributed by atoms with E-state index in [4.69, 9.17) is 17.3 Å². The van der Waals surface area contributed by atoms with Crippen molar-refractivity contribution in [3.05, 3.63) is 76.8 Å². The molecule has 1 unspecified atom stereocenters. The summed E-state index contributed by atoms with van der Waals surface area (Å²) < 4.78 is 13.9. The maximum atomic E-state index is 13.9. The lowest BCUT2D eigenvalue weighted by molar-refractivity contribution is 0.595. The zero-order valence-electron chi connectivity index (χ0n) is 10.9. The topological polar surface area (TPSA) is 56.7 Å². The highest BCUT2D eigenvalue weighted by Crippen LogP contribution is 2.23. The van der Waals surface area contributed by atoms with Crippen LogP contribution in [-0.4, -0.2) is 15.0 Å². The van der Waals surface area contributed by atoms with Gasteiger partial charge in [0.05, 0.1) is 17.9 Å². The Kier molecular flexibility index (Phi) is 3.68. The van der Waals surface area contributed by atoms with Crippen molar-refractivity contribution in [1.29, 1.82) is 0 Å². The average Bonchev–Trinajstić information content (AvgIpc) is 2.97. The van der Waals surface area contributed by atoms with Gasteiger partial charge in [0, 0.05) is 10.6 Å². The lowest BCUT2D eigenvalue weighted by Crippen LogP contribution is -2.14. The van der Waals surface area contributed by atoms with E-state index in [0.717, 1.165) is 5.69 Å². The molecule has 0 saturated heterocycles. The molecule has 1 heterocycles. The molecule has 3 rings (SSSR count). The molecule has 0 saturated carbocycles. The molecule has 6 heteroatoms. The lowest BCUT2D eigenvalue weighted by atomic mass is 10.1. The van der Waals surface area contributed by atoms with Crippen LogP contribution in [0.3, 0.4) is 0 Å². The molecule has 1 atom stereocenters. The van der Waals surface area contributed by atoms with Crippen LogP contribution in [0.25, 0.3) is 5.69 Å². The minimum Gasteiger partial charge on any atom is -0.319 e. The van der Waals surface area contributed by atoms with E-state index in [-0.39, 0.29) is 0 Å². The van der Waals surface area contributed by atoms with Crippen LogP contribution in [0.15, 0.2) is 54.7 Å². The van der Waals surface area contributed by atoms with Crippen molar-refractivity contribution in [2.75, 3.05) is 0 Å². The van der Waals surface area contributed by atoms with E-state index < -0.39 is 11.9 Å². The molecule has 0 aliphatic heterocycles. The minimum atomic E-state index is -0.695. The molecule has 0 radical (unpaired) electrons. The monoisotopic (exact) mass is 302 g/mol. The molecule has 0 aliphatic carbocycles. The van der Waals surface area contributed by atoms with Gasteiger partial charge < -0.3 is 5.73 Å². The molecular weight excluding hydrogens is 291 g/mol. The predicted octanol–water partition coefficient (Wildman–Crippen LogP) is 3.11. The van der Waals surface area contributed by atoms with E-state index in [1.807, 2.05) is 30.3 Å². The van der Waals surface area contributed by atoms with Crippen molar-refractivity contribution in [1.82, 2.24) is 15.0 Å². The van der Waals surface area contributed by atoms with Crippen LogP contribution < -0.4 is 5.73 Å². The molecule has 21 heavy (non-hydrogen) atoms. The highest BCUT2D eigenvalue weighted by Gasteiger charge is 2.17. The predicted molar refractivity (Wildman–Crippen MR) is 78.8 cm³/mol. The molecule has 2 aromatic carbocycles. The number of aromatic nitrogens is 3. The van der Waals surface area contributed by atoms with Crippen LogP contribution in [0.2, 0.25) is 5.02 Å². The van der Waals surface area contributed by atoms with Crippen molar-refractivity contribution >= 4 is 11.6 Å². The Morgan fingerprint density at radius 2 is 1.90 bits per heavy atom. The van der Waals surface area contributed by atoms with Crippen molar-refractivity contribution < 1.29 is 4.39 Å². The molecule has 0 bridgehead atoms. The van der Waals surface area contributed by atoms with Crippen LogP contribution in [0.1, 0.15) is 17.3 Å². The Morgan fingerprint density at radius 3 is 2.62 bits per heavy atom. The summed E-state index contributed by atoms with van der Waals surface area (Å²) in [5.74, 6) is -0.454. The van der Waals surface area contributed by atoms with E-state index >= 15 is 0 Å². The van der Waals surface area contributed by atoms with Crippen molar-refractivity contribution in [3.63, 3.8) is 0 Å². The second-order valence-electron chi connectivity index (χ2n) is 4.54. The third-order valence-electron chi connectivity index (χ3n) is 3.11. The van der Waals surface area contributed by atoms with E-state index in [2.05, 4.69) is 10.2 Å². The Bertz CT molecular complexity index is 757. The Balaban J connectivity index is 1.92. The number of rotatable bonds is 3. The molecule has 3 aromatic rings. The fourth-order valence-corrected chi connectivity index (χ4v) is 2.17. The first-order valence-electron chi connectivity index (χ1n) is 6.33. The van der Waals surface area contributed by atoms with E-state index in [1.165, 1.54) is 17.1 Å². The molecule has 106 valence electrons.